The number of hydrogen-bond donors (Lipinski definition) is 2. The summed E-state index contributed by atoms with van der Waals surface area (Å²) in [6.07, 6.45) is 4.47. The number of nitrogens with one attached hydrogen (secondary N) is 1. The van der Waals surface area contributed by atoms with Crippen LogP contribution < -0.4 is 11.1 Å². The summed E-state index contributed by atoms with van der Waals surface area (Å²) in [7, 11) is 0. The Morgan fingerprint density at radius 3 is 2.53 bits per heavy atom. The molecule has 2 rings (SSSR count). The number of rotatable bonds is 4. The summed E-state index contributed by atoms with van der Waals surface area (Å²) in [4.78, 5) is 18.6. The van der Waals surface area contributed by atoms with Crippen LogP contribution in [0.2, 0.25) is 0 Å². The zero-order valence-corrected chi connectivity index (χ0v) is 9.73. The summed E-state index contributed by atoms with van der Waals surface area (Å²) < 4.78 is 26.8. The van der Waals surface area contributed by atoms with E-state index in [9.17, 15) is 13.6 Å². The summed E-state index contributed by atoms with van der Waals surface area (Å²) >= 11 is 0. The Labute approximate surface area is 107 Å². The molecule has 1 aromatic heterocycles. The standard InChI is InChI=1S/C12H10F2N4O/c13-9-2-10(14)11(1-8(9)12(15)19)18-5-7-3-16-6-17-4-7/h1-4,6,18H,5H2,(H2,15,19). The number of amides is 1. The molecule has 0 unspecified atom stereocenters. The molecule has 0 fully saturated rings. The first-order chi connectivity index (χ1) is 9.08. The minimum atomic E-state index is -0.987. The molecular weight excluding hydrogens is 254 g/mol. The van der Waals surface area contributed by atoms with Gasteiger partial charge in [0.1, 0.15) is 18.0 Å². The van der Waals surface area contributed by atoms with Crippen LogP contribution in [0.3, 0.4) is 0 Å². The lowest BCUT2D eigenvalue weighted by atomic mass is 10.1. The van der Waals surface area contributed by atoms with Crippen LogP contribution in [0.15, 0.2) is 30.9 Å². The monoisotopic (exact) mass is 264 g/mol. The first-order valence-electron chi connectivity index (χ1n) is 5.34. The Hall–Kier alpha value is -2.57. The third-order valence-corrected chi connectivity index (χ3v) is 2.42. The fourth-order valence-electron chi connectivity index (χ4n) is 1.49. The molecule has 19 heavy (non-hydrogen) atoms. The number of halogens is 2. The minimum absolute atomic E-state index is 0.0148. The molecule has 7 heteroatoms. The average molecular weight is 264 g/mol. The first kappa shape index (κ1) is 12.9. The Morgan fingerprint density at radius 2 is 1.89 bits per heavy atom. The normalized spacial score (nSPS) is 10.2. The number of primary amides is 1. The van der Waals surface area contributed by atoms with E-state index >= 15 is 0 Å². The molecule has 0 bridgehead atoms. The van der Waals surface area contributed by atoms with Crippen LogP contribution in [0.4, 0.5) is 14.5 Å². The van der Waals surface area contributed by atoms with Crippen molar-refractivity contribution in [3.05, 3.63) is 53.6 Å². The molecule has 0 atom stereocenters. The maximum absolute atomic E-state index is 13.5. The van der Waals surface area contributed by atoms with Crippen LogP contribution in [-0.2, 0) is 6.54 Å². The summed E-state index contributed by atoms with van der Waals surface area (Å²) in [6, 6.07) is 1.65. The molecule has 98 valence electrons. The quantitative estimate of drug-likeness (QED) is 0.876. The zero-order valence-electron chi connectivity index (χ0n) is 9.73. The van der Waals surface area contributed by atoms with E-state index in [4.69, 9.17) is 5.73 Å². The SMILES string of the molecule is NC(=O)c1cc(NCc2cncnc2)c(F)cc1F. The minimum Gasteiger partial charge on any atom is -0.378 e. The highest BCUT2D eigenvalue weighted by molar-refractivity contribution is 5.94. The second-order valence-corrected chi connectivity index (χ2v) is 3.78. The number of benzene rings is 1. The maximum Gasteiger partial charge on any atom is 0.251 e. The highest BCUT2D eigenvalue weighted by Crippen LogP contribution is 2.19. The molecule has 0 saturated carbocycles. The highest BCUT2D eigenvalue weighted by Gasteiger charge is 2.13. The number of carbonyl (C=O) groups excluding carboxylic acids is 1. The molecule has 0 aliphatic rings. The third kappa shape index (κ3) is 3.01. The van der Waals surface area contributed by atoms with E-state index in [1.807, 2.05) is 0 Å². The second-order valence-electron chi connectivity index (χ2n) is 3.78. The van der Waals surface area contributed by atoms with Gasteiger partial charge in [0.2, 0.25) is 0 Å². The van der Waals surface area contributed by atoms with Crippen LogP contribution >= 0.6 is 0 Å². The van der Waals surface area contributed by atoms with Gasteiger partial charge in [-0.1, -0.05) is 0 Å². The predicted octanol–water partition coefficient (Wildman–Crippen LogP) is 1.47. The summed E-state index contributed by atoms with van der Waals surface area (Å²) in [5.41, 5.74) is 5.32. The number of aromatic nitrogens is 2. The van der Waals surface area contributed by atoms with Crippen molar-refractivity contribution in [3.8, 4) is 0 Å². The lowest BCUT2D eigenvalue weighted by Crippen LogP contribution is -2.14. The van der Waals surface area contributed by atoms with Gasteiger partial charge in [0.05, 0.1) is 11.3 Å². The lowest BCUT2D eigenvalue weighted by molar-refractivity contribution is 0.0996. The van der Waals surface area contributed by atoms with Crippen LogP contribution in [0, 0.1) is 11.6 Å². The van der Waals surface area contributed by atoms with Crippen molar-refractivity contribution >= 4 is 11.6 Å². The van der Waals surface area contributed by atoms with Gasteiger partial charge >= 0.3 is 0 Å². The van der Waals surface area contributed by atoms with Gasteiger partial charge in [0, 0.05) is 30.6 Å². The van der Waals surface area contributed by atoms with Gasteiger partial charge in [-0.05, 0) is 6.07 Å². The van der Waals surface area contributed by atoms with E-state index in [0.717, 1.165) is 6.07 Å². The van der Waals surface area contributed by atoms with E-state index in [0.29, 0.717) is 11.6 Å². The topological polar surface area (TPSA) is 80.9 Å². The number of nitrogens with two attached hydrogens (primary N) is 1. The Morgan fingerprint density at radius 1 is 1.21 bits per heavy atom. The molecule has 0 aliphatic carbocycles. The third-order valence-electron chi connectivity index (χ3n) is 2.42. The summed E-state index contributed by atoms with van der Waals surface area (Å²) in [5, 5.41) is 2.72. The van der Waals surface area contributed by atoms with Gasteiger partial charge in [-0.15, -0.1) is 0 Å². The van der Waals surface area contributed by atoms with Crippen molar-refractivity contribution in [1.29, 1.82) is 0 Å². The van der Waals surface area contributed by atoms with E-state index in [1.165, 1.54) is 6.33 Å². The fraction of sp³-hybridized carbons (Fsp3) is 0.0833. The first-order valence-corrected chi connectivity index (χ1v) is 5.34. The van der Waals surface area contributed by atoms with Gasteiger partial charge in [-0.2, -0.15) is 0 Å². The van der Waals surface area contributed by atoms with Crippen molar-refractivity contribution in [2.45, 2.75) is 6.54 Å². The van der Waals surface area contributed by atoms with E-state index in [1.54, 1.807) is 12.4 Å². The van der Waals surface area contributed by atoms with Gasteiger partial charge in [-0.3, -0.25) is 4.79 Å². The van der Waals surface area contributed by atoms with Crippen LogP contribution in [0.25, 0.3) is 0 Å². The molecule has 2 aromatic rings. The zero-order chi connectivity index (χ0) is 13.8. The molecule has 1 heterocycles. The molecule has 0 aliphatic heterocycles. The van der Waals surface area contributed by atoms with Crippen LogP contribution in [0.1, 0.15) is 15.9 Å². The summed E-state index contributed by atoms with van der Waals surface area (Å²) in [6.45, 7) is 0.238. The van der Waals surface area contributed by atoms with Crippen molar-refractivity contribution < 1.29 is 13.6 Å². The van der Waals surface area contributed by atoms with Crippen molar-refractivity contribution in [3.63, 3.8) is 0 Å². The van der Waals surface area contributed by atoms with Crippen molar-refractivity contribution in [1.82, 2.24) is 9.97 Å². The molecule has 0 saturated heterocycles. The number of nitrogens with zero attached hydrogens (tertiary/aromatic N) is 2. The molecule has 1 amide bonds. The molecule has 1 aromatic carbocycles. The molecule has 0 spiro atoms. The Kier molecular flexibility index (Phi) is 3.65. The predicted molar refractivity (Wildman–Crippen MR) is 64.2 cm³/mol. The number of hydrogen-bond acceptors (Lipinski definition) is 4. The van der Waals surface area contributed by atoms with E-state index < -0.39 is 17.5 Å². The smallest absolute Gasteiger partial charge is 0.251 e. The van der Waals surface area contributed by atoms with Gasteiger partial charge < -0.3 is 11.1 Å². The molecule has 0 radical (unpaired) electrons. The lowest BCUT2D eigenvalue weighted by Gasteiger charge is -2.09. The summed E-state index contributed by atoms with van der Waals surface area (Å²) in [5.74, 6) is -2.75. The van der Waals surface area contributed by atoms with Gasteiger partial charge in [-0.25, -0.2) is 18.7 Å². The Bertz CT molecular complexity index is 604. The van der Waals surface area contributed by atoms with Crippen molar-refractivity contribution in [2.24, 2.45) is 5.73 Å². The van der Waals surface area contributed by atoms with Gasteiger partial charge in [0.25, 0.3) is 5.91 Å². The number of anilines is 1. The Balaban J connectivity index is 2.21. The van der Waals surface area contributed by atoms with E-state index in [2.05, 4.69) is 15.3 Å². The maximum atomic E-state index is 13.5. The number of carbonyl (C=O) groups is 1. The fourth-order valence-corrected chi connectivity index (χ4v) is 1.49. The van der Waals surface area contributed by atoms with Gasteiger partial charge in [0.15, 0.2) is 0 Å². The average Bonchev–Trinajstić information content (AvgIpc) is 2.38. The molecule has 5 nitrogen and oxygen atoms in total. The largest absolute Gasteiger partial charge is 0.378 e. The van der Waals surface area contributed by atoms with Crippen LogP contribution in [0.5, 0.6) is 0 Å². The van der Waals surface area contributed by atoms with Crippen LogP contribution in [-0.4, -0.2) is 15.9 Å². The van der Waals surface area contributed by atoms with Crippen molar-refractivity contribution in [2.75, 3.05) is 5.32 Å². The second kappa shape index (κ2) is 5.38. The highest BCUT2D eigenvalue weighted by atomic mass is 19.1. The molecular formula is C12H10F2N4O. The van der Waals surface area contributed by atoms with E-state index in [-0.39, 0.29) is 17.8 Å². The molecule has 3 N–H and O–H groups in total.